The van der Waals surface area contributed by atoms with Gasteiger partial charge in [-0.25, -0.2) is 0 Å². The maximum atomic E-state index is 13.3. The van der Waals surface area contributed by atoms with Crippen LogP contribution in [0.15, 0.2) is 54.6 Å². The fourth-order valence-corrected chi connectivity index (χ4v) is 3.63. The molecule has 0 aliphatic rings. The number of amides is 1. The highest BCUT2D eigenvalue weighted by atomic mass is 32.2. The maximum absolute atomic E-state index is 13.3. The van der Waals surface area contributed by atoms with Crippen molar-refractivity contribution in [2.75, 3.05) is 26.5 Å². The first-order chi connectivity index (χ1) is 13.8. The molecule has 158 valence electrons. The van der Waals surface area contributed by atoms with Gasteiger partial charge in [-0.2, -0.15) is 8.42 Å². The van der Waals surface area contributed by atoms with E-state index in [1.165, 1.54) is 0 Å². The Morgan fingerprint density at radius 2 is 1.72 bits per heavy atom. The number of carbonyl (C=O) groups excluding carboxylic acids is 1. The van der Waals surface area contributed by atoms with Gasteiger partial charge in [0.05, 0.1) is 12.2 Å². The van der Waals surface area contributed by atoms with Crippen LogP contribution in [0.2, 0.25) is 0 Å². The number of hydrogen-bond acceptors (Lipinski definition) is 5. The smallest absolute Gasteiger partial charge is 0.306 e. The second kappa shape index (κ2) is 11.0. The zero-order chi connectivity index (χ0) is 21.3. The van der Waals surface area contributed by atoms with Gasteiger partial charge in [0.1, 0.15) is 5.75 Å². The molecule has 6 nitrogen and oxygen atoms in total. The third-order valence-electron chi connectivity index (χ3n) is 4.54. The van der Waals surface area contributed by atoms with Crippen molar-refractivity contribution < 1.29 is 22.1 Å². The van der Waals surface area contributed by atoms with Gasteiger partial charge in [-0.1, -0.05) is 49.4 Å². The van der Waals surface area contributed by atoms with Crippen LogP contribution in [0.3, 0.4) is 0 Å². The number of nitrogens with zero attached hydrogens (tertiary/aromatic N) is 1. The normalized spacial score (nSPS) is 12.4. The summed E-state index contributed by atoms with van der Waals surface area (Å²) in [6.45, 7) is 3.61. The van der Waals surface area contributed by atoms with Crippen molar-refractivity contribution in [1.82, 2.24) is 4.90 Å². The van der Waals surface area contributed by atoms with Gasteiger partial charge in [0, 0.05) is 26.8 Å². The summed E-state index contributed by atoms with van der Waals surface area (Å²) in [5, 5.41) is 0. The van der Waals surface area contributed by atoms with E-state index in [0.29, 0.717) is 26.1 Å². The van der Waals surface area contributed by atoms with Crippen LogP contribution >= 0.6 is 0 Å². The molecule has 0 aliphatic heterocycles. The van der Waals surface area contributed by atoms with Crippen molar-refractivity contribution in [3.05, 3.63) is 65.7 Å². The molecule has 0 fully saturated rings. The highest BCUT2D eigenvalue weighted by molar-refractivity contribution is 7.86. The van der Waals surface area contributed by atoms with Crippen molar-refractivity contribution in [3.8, 4) is 5.75 Å². The van der Waals surface area contributed by atoms with Crippen molar-refractivity contribution >= 4 is 16.0 Å². The molecule has 0 aliphatic carbocycles. The van der Waals surface area contributed by atoms with Gasteiger partial charge in [0.25, 0.3) is 0 Å². The van der Waals surface area contributed by atoms with Gasteiger partial charge in [0.15, 0.2) is 0 Å². The van der Waals surface area contributed by atoms with E-state index in [4.69, 9.17) is 8.92 Å². The fourth-order valence-electron chi connectivity index (χ4n) is 3.17. The van der Waals surface area contributed by atoms with Gasteiger partial charge < -0.3 is 13.8 Å². The first-order valence-electron chi connectivity index (χ1n) is 9.65. The summed E-state index contributed by atoms with van der Waals surface area (Å²) in [6, 6.07) is 16.6. The minimum atomic E-state index is -3.57. The van der Waals surface area contributed by atoms with Crippen LogP contribution in [0.25, 0.3) is 0 Å². The lowest BCUT2D eigenvalue weighted by Crippen LogP contribution is -2.35. The molecule has 2 aromatic rings. The number of ether oxygens (including phenoxy) is 1. The number of benzene rings is 2. The van der Waals surface area contributed by atoms with E-state index in [-0.39, 0.29) is 17.6 Å². The quantitative estimate of drug-likeness (QED) is 0.411. The first-order valence-corrected chi connectivity index (χ1v) is 11.5. The molecule has 0 saturated heterocycles. The Kier molecular flexibility index (Phi) is 8.67. The number of carbonyl (C=O) groups is 1. The summed E-state index contributed by atoms with van der Waals surface area (Å²) >= 11 is 0. The molecule has 2 aromatic carbocycles. The zero-order valence-corrected chi connectivity index (χ0v) is 18.0. The van der Waals surface area contributed by atoms with Gasteiger partial charge in [0.2, 0.25) is 5.91 Å². The lowest BCUT2D eigenvalue weighted by molar-refractivity contribution is -0.133. The molecule has 0 spiro atoms. The predicted octanol–water partition coefficient (Wildman–Crippen LogP) is 3.58. The molecular formula is C22H29NO5S. The minimum absolute atomic E-state index is 0.0752. The van der Waals surface area contributed by atoms with Crippen LogP contribution in [0, 0.1) is 0 Å². The van der Waals surface area contributed by atoms with E-state index < -0.39 is 10.1 Å². The third kappa shape index (κ3) is 7.51. The van der Waals surface area contributed by atoms with Crippen LogP contribution in [-0.4, -0.2) is 45.7 Å². The average molecular weight is 420 g/mol. The Morgan fingerprint density at radius 3 is 2.28 bits per heavy atom. The fraction of sp³-hybridized carbons (Fsp3) is 0.409. The number of hydrogen-bond donors (Lipinski definition) is 0. The molecular weight excluding hydrogens is 390 g/mol. The van der Waals surface area contributed by atoms with Crippen molar-refractivity contribution in [3.63, 3.8) is 0 Å². The van der Waals surface area contributed by atoms with Crippen molar-refractivity contribution in [1.29, 1.82) is 0 Å². The van der Waals surface area contributed by atoms with Crippen molar-refractivity contribution in [2.24, 2.45) is 0 Å². The summed E-state index contributed by atoms with van der Waals surface area (Å²) in [5.41, 5.74) is 1.91. The van der Waals surface area contributed by atoms with Gasteiger partial charge >= 0.3 is 10.1 Å². The Labute approximate surface area is 173 Å². The van der Waals surface area contributed by atoms with E-state index in [1.54, 1.807) is 31.4 Å². The molecule has 0 heterocycles. The zero-order valence-electron chi connectivity index (χ0n) is 17.2. The largest absolute Gasteiger partial charge is 0.385 e. The summed E-state index contributed by atoms with van der Waals surface area (Å²) < 4.78 is 32.5. The predicted molar refractivity (Wildman–Crippen MR) is 113 cm³/mol. The second-order valence-electron chi connectivity index (χ2n) is 6.91. The Morgan fingerprint density at radius 1 is 1.07 bits per heavy atom. The summed E-state index contributed by atoms with van der Waals surface area (Å²) in [4.78, 5) is 15.1. The molecule has 1 unspecified atom stereocenters. The Balaban J connectivity index is 2.17. The molecule has 0 radical (unpaired) electrons. The lowest BCUT2D eigenvalue weighted by Gasteiger charge is -2.27. The lowest BCUT2D eigenvalue weighted by atomic mass is 9.94. The molecule has 1 amide bonds. The molecule has 29 heavy (non-hydrogen) atoms. The highest BCUT2D eigenvalue weighted by Crippen LogP contribution is 2.24. The Hall–Kier alpha value is -2.38. The van der Waals surface area contributed by atoms with Gasteiger partial charge in [-0.15, -0.1) is 0 Å². The summed E-state index contributed by atoms with van der Waals surface area (Å²) in [6.07, 6.45) is 2.46. The molecule has 0 saturated carbocycles. The van der Waals surface area contributed by atoms with E-state index >= 15 is 0 Å². The first kappa shape index (κ1) is 22.9. The number of methoxy groups -OCH3 is 1. The van der Waals surface area contributed by atoms with Gasteiger partial charge in [-0.05, 0) is 36.1 Å². The van der Waals surface area contributed by atoms with Crippen molar-refractivity contribution in [2.45, 2.75) is 32.2 Å². The topological polar surface area (TPSA) is 72.9 Å². The molecule has 0 aromatic heterocycles. The monoisotopic (exact) mass is 419 g/mol. The standard InChI is InChI=1S/C22H29NO5S/c1-4-21(19-9-6-5-7-10-19)22(24)23(15-8-16-27-2)17-18-11-13-20(14-12-18)28-29(3,25)26/h5-7,9-14,21H,4,8,15-17H2,1-3H3. The number of rotatable bonds is 11. The maximum Gasteiger partial charge on any atom is 0.306 e. The van der Waals surface area contributed by atoms with E-state index in [2.05, 4.69) is 0 Å². The average Bonchev–Trinajstić information content (AvgIpc) is 2.69. The van der Waals surface area contributed by atoms with E-state index in [9.17, 15) is 13.2 Å². The Bertz CT molecular complexity index is 866. The molecule has 0 N–H and O–H groups in total. The molecule has 7 heteroatoms. The molecule has 1 atom stereocenters. The van der Waals surface area contributed by atoms with Crippen LogP contribution in [0.4, 0.5) is 0 Å². The van der Waals surface area contributed by atoms with Crippen LogP contribution < -0.4 is 4.18 Å². The van der Waals surface area contributed by atoms with E-state index in [0.717, 1.165) is 23.8 Å². The highest BCUT2D eigenvalue weighted by Gasteiger charge is 2.24. The van der Waals surface area contributed by atoms with E-state index in [1.807, 2.05) is 42.2 Å². The third-order valence-corrected chi connectivity index (χ3v) is 5.04. The molecule has 2 rings (SSSR count). The SMILES string of the molecule is CCC(C(=O)N(CCCOC)Cc1ccc(OS(C)(=O)=O)cc1)c1ccccc1. The van der Waals surface area contributed by atoms with Crippen LogP contribution in [0.5, 0.6) is 5.75 Å². The minimum Gasteiger partial charge on any atom is -0.385 e. The summed E-state index contributed by atoms with van der Waals surface area (Å²) in [5.74, 6) is 0.127. The van der Waals surface area contributed by atoms with Crippen LogP contribution in [0.1, 0.15) is 36.8 Å². The van der Waals surface area contributed by atoms with Gasteiger partial charge in [-0.3, -0.25) is 4.79 Å². The molecule has 0 bridgehead atoms. The second-order valence-corrected chi connectivity index (χ2v) is 8.48. The summed E-state index contributed by atoms with van der Waals surface area (Å²) in [7, 11) is -1.92. The van der Waals surface area contributed by atoms with Crippen LogP contribution in [-0.2, 0) is 26.2 Å².